The van der Waals surface area contributed by atoms with E-state index in [1.54, 1.807) is 7.11 Å². The van der Waals surface area contributed by atoms with Crippen LogP contribution in [0.5, 0.6) is 0 Å². The van der Waals surface area contributed by atoms with Gasteiger partial charge in [0, 0.05) is 19.2 Å². The maximum atomic E-state index is 12.2. The number of ether oxygens (including phenoxy) is 1. The van der Waals surface area contributed by atoms with E-state index in [-0.39, 0.29) is 18.4 Å². The molecule has 0 aliphatic heterocycles. The normalized spacial score (nSPS) is 19.2. The van der Waals surface area contributed by atoms with Crippen molar-refractivity contribution >= 4 is 11.9 Å². The zero-order valence-electron chi connectivity index (χ0n) is 13.4. The molecule has 0 heterocycles. The summed E-state index contributed by atoms with van der Waals surface area (Å²) in [6, 6.07) is -0.348. The SMILES string of the molecule is COCCNC(=O)C(C)N(C)C1(CC(=O)O)CCCCC1. The molecule has 6 nitrogen and oxygen atoms in total. The fraction of sp³-hybridized carbons (Fsp3) is 0.867. The van der Waals surface area contributed by atoms with E-state index in [1.165, 1.54) is 0 Å². The van der Waals surface area contributed by atoms with Crippen LogP contribution in [0.4, 0.5) is 0 Å². The van der Waals surface area contributed by atoms with Gasteiger partial charge in [0.05, 0.1) is 19.1 Å². The highest BCUT2D eigenvalue weighted by Gasteiger charge is 2.41. The van der Waals surface area contributed by atoms with Crippen molar-refractivity contribution in [3.05, 3.63) is 0 Å². The third-order valence-electron chi connectivity index (χ3n) is 4.58. The minimum atomic E-state index is -0.796. The Hall–Kier alpha value is -1.14. The molecule has 0 aromatic heterocycles. The summed E-state index contributed by atoms with van der Waals surface area (Å²) in [5.74, 6) is -0.874. The number of amides is 1. The molecule has 1 atom stereocenters. The molecule has 122 valence electrons. The van der Waals surface area contributed by atoms with Gasteiger partial charge in [-0.25, -0.2) is 0 Å². The number of hydrogen-bond donors (Lipinski definition) is 2. The zero-order chi connectivity index (χ0) is 15.9. The molecule has 0 aromatic carbocycles. The number of aliphatic carboxylic acids is 1. The monoisotopic (exact) mass is 300 g/mol. The Morgan fingerprint density at radius 1 is 1.33 bits per heavy atom. The molecule has 2 N–H and O–H groups in total. The van der Waals surface area contributed by atoms with E-state index in [2.05, 4.69) is 5.32 Å². The van der Waals surface area contributed by atoms with Gasteiger partial charge in [0.15, 0.2) is 0 Å². The summed E-state index contributed by atoms with van der Waals surface area (Å²) in [6.45, 7) is 2.78. The number of rotatable bonds is 8. The summed E-state index contributed by atoms with van der Waals surface area (Å²) in [4.78, 5) is 25.4. The molecule has 1 unspecified atom stereocenters. The quantitative estimate of drug-likeness (QED) is 0.660. The van der Waals surface area contributed by atoms with Crippen molar-refractivity contribution < 1.29 is 19.4 Å². The van der Waals surface area contributed by atoms with Crippen LogP contribution in [0.3, 0.4) is 0 Å². The summed E-state index contributed by atoms with van der Waals surface area (Å²) < 4.78 is 4.92. The lowest BCUT2D eigenvalue weighted by atomic mass is 9.77. The molecule has 1 aliphatic carbocycles. The predicted octanol–water partition coefficient (Wildman–Crippen LogP) is 1.25. The first-order chi connectivity index (χ1) is 9.93. The summed E-state index contributed by atoms with van der Waals surface area (Å²) in [6.07, 6.45) is 4.96. The highest BCUT2D eigenvalue weighted by molar-refractivity contribution is 5.81. The van der Waals surface area contributed by atoms with Gasteiger partial charge in [0.2, 0.25) is 5.91 Å². The first kappa shape index (κ1) is 17.9. The van der Waals surface area contributed by atoms with Gasteiger partial charge in [0.25, 0.3) is 0 Å². The molecule has 1 fully saturated rings. The molecule has 6 heteroatoms. The summed E-state index contributed by atoms with van der Waals surface area (Å²) in [7, 11) is 3.46. The molecular formula is C15H28N2O4. The number of carbonyl (C=O) groups is 2. The average molecular weight is 300 g/mol. The Kier molecular flexibility index (Phi) is 7.11. The van der Waals surface area contributed by atoms with Crippen LogP contribution in [0.1, 0.15) is 45.4 Å². The highest BCUT2D eigenvalue weighted by Crippen LogP contribution is 2.36. The Balaban J connectivity index is 2.72. The highest BCUT2D eigenvalue weighted by atomic mass is 16.5. The second-order valence-electron chi connectivity index (χ2n) is 5.93. The van der Waals surface area contributed by atoms with Crippen molar-refractivity contribution in [3.8, 4) is 0 Å². The smallest absolute Gasteiger partial charge is 0.305 e. The number of likely N-dealkylation sites (N-methyl/N-ethyl adjacent to an activating group) is 1. The molecule has 21 heavy (non-hydrogen) atoms. The Morgan fingerprint density at radius 2 is 1.95 bits per heavy atom. The molecule has 0 spiro atoms. The molecular weight excluding hydrogens is 272 g/mol. The molecule has 0 bridgehead atoms. The lowest BCUT2D eigenvalue weighted by Gasteiger charge is -2.46. The van der Waals surface area contributed by atoms with Crippen LogP contribution in [0.25, 0.3) is 0 Å². The lowest BCUT2D eigenvalue weighted by Crippen LogP contribution is -2.57. The van der Waals surface area contributed by atoms with E-state index in [0.717, 1.165) is 32.1 Å². The van der Waals surface area contributed by atoms with Crippen molar-refractivity contribution in [3.63, 3.8) is 0 Å². The first-order valence-electron chi connectivity index (χ1n) is 7.64. The van der Waals surface area contributed by atoms with Crippen LogP contribution in [-0.2, 0) is 14.3 Å². The van der Waals surface area contributed by atoms with Gasteiger partial charge >= 0.3 is 5.97 Å². The van der Waals surface area contributed by atoms with Crippen molar-refractivity contribution in [1.82, 2.24) is 10.2 Å². The van der Waals surface area contributed by atoms with Gasteiger partial charge in [0.1, 0.15) is 0 Å². The first-order valence-corrected chi connectivity index (χ1v) is 7.64. The van der Waals surface area contributed by atoms with E-state index in [4.69, 9.17) is 4.74 Å². The second-order valence-corrected chi connectivity index (χ2v) is 5.93. The third-order valence-corrected chi connectivity index (χ3v) is 4.58. The number of nitrogens with zero attached hydrogens (tertiary/aromatic N) is 1. The number of carbonyl (C=O) groups excluding carboxylic acids is 1. The zero-order valence-corrected chi connectivity index (χ0v) is 13.4. The van der Waals surface area contributed by atoms with Gasteiger partial charge in [-0.2, -0.15) is 0 Å². The number of carboxylic acids is 1. The molecule has 0 saturated heterocycles. The van der Waals surface area contributed by atoms with Gasteiger partial charge in [-0.05, 0) is 26.8 Å². The van der Waals surface area contributed by atoms with Gasteiger partial charge in [-0.3, -0.25) is 14.5 Å². The Morgan fingerprint density at radius 3 is 2.48 bits per heavy atom. The van der Waals surface area contributed by atoms with E-state index in [9.17, 15) is 14.7 Å². The van der Waals surface area contributed by atoms with Gasteiger partial charge < -0.3 is 15.2 Å². The number of carboxylic acid groups (broad SMARTS) is 1. The van der Waals surface area contributed by atoms with E-state index < -0.39 is 11.5 Å². The van der Waals surface area contributed by atoms with Crippen LogP contribution in [0.2, 0.25) is 0 Å². The lowest BCUT2D eigenvalue weighted by molar-refractivity contribution is -0.143. The van der Waals surface area contributed by atoms with Crippen LogP contribution in [0.15, 0.2) is 0 Å². The second kappa shape index (κ2) is 8.34. The third kappa shape index (κ3) is 4.97. The molecule has 1 aliphatic rings. The van der Waals surface area contributed by atoms with Gasteiger partial charge in [-0.15, -0.1) is 0 Å². The summed E-state index contributed by atoms with van der Waals surface area (Å²) >= 11 is 0. The maximum Gasteiger partial charge on any atom is 0.305 e. The molecule has 1 saturated carbocycles. The number of methoxy groups -OCH3 is 1. The Bertz CT molecular complexity index is 354. The summed E-state index contributed by atoms with van der Waals surface area (Å²) in [5.41, 5.74) is -0.401. The topological polar surface area (TPSA) is 78.9 Å². The van der Waals surface area contributed by atoms with Crippen molar-refractivity contribution in [2.45, 2.75) is 57.0 Å². The standard InChI is InChI=1S/C15H28N2O4/c1-12(14(20)16-9-10-21-3)17(2)15(11-13(18)19)7-5-4-6-8-15/h12H,4-11H2,1-3H3,(H,16,20)(H,18,19). The predicted molar refractivity (Wildman–Crippen MR) is 80.2 cm³/mol. The van der Waals surface area contributed by atoms with Crippen LogP contribution in [-0.4, -0.2) is 60.8 Å². The average Bonchev–Trinajstić information content (AvgIpc) is 2.46. The largest absolute Gasteiger partial charge is 0.481 e. The van der Waals surface area contributed by atoms with E-state index in [0.29, 0.717) is 13.2 Å². The molecule has 1 rings (SSSR count). The maximum absolute atomic E-state index is 12.2. The minimum absolute atomic E-state index is 0.0788. The summed E-state index contributed by atoms with van der Waals surface area (Å²) in [5, 5.41) is 12.1. The molecule has 1 amide bonds. The fourth-order valence-corrected chi connectivity index (χ4v) is 3.16. The molecule has 0 aromatic rings. The van der Waals surface area contributed by atoms with Gasteiger partial charge in [-0.1, -0.05) is 19.3 Å². The van der Waals surface area contributed by atoms with Crippen LogP contribution >= 0.6 is 0 Å². The number of hydrogen-bond acceptors (Lipinski definition) is 4. The van der Waals surface area contributed by atoms with Crippen molar-refractivity contribution in [2.75, 3.05) is 27.3 Å². The van der Waals surface area contributed by atoms with E-state index in [1.807, 2.05) is 18.9 Å². The molecule has 0 radical (unpaired) electrons. The van der Waals surface area contributed by atoms with Crippen LogP contribution in [0, 0.1) is 0 Å². The van der Waals surface area contributed by atoms with Crippen molar-refractivity contribution in [1.29, 1.82) is 0 Å². The Labute approximate surface area is 126 Å². The van der Waals surface area contributed by atoms with Crippen LogP contribution < -0.4 is 5.32 Å². The number of nitrogens with one attached hydrogen (secondary N) is 1. The van der Waals surface area contributed by atoms with E-state index >= 15 is 0 Å². The fourth-order valence-electron chi connectivity index (χ4n) is 3.16. The van der Waals surface area contributed by atoms with Crippen molar-refractivity contribution in [2.24, 2.45) is 0 Å². The minimum Gasteiger partial charge on any atom is -0.481 e.